The van der Waals surface area contributed by atoms with Gasteiger partial charge in [-0.15, -0.1) is 0 Å². The van der Waals surface area contributed by atoms with Gasteiger partial charge in [-0.3, -0.25) is 0 Å². The zero-order valence-corrected chi connectivity index (χ0v) is 12.1. The largest absolute Gasteiger partial charge is 0.444 e. The molecule has 0 radical (unpaired) electrons. The Labute approximate surface area is 124 Å². The Morgan fingerprint density at radius 1 is 1.27 bits per heavy atom. The minimum atomic E-state index is -4.84. The predicted octanol–water partition coefficient (Wildman–Crippen LogP) is 3.61. The Bertz CT molecular complexity index is 564. The Kier molecular flexibility index (Phi) is 5.16. The van der Waals surface area contributed by atoms with Crippen molar-refractivity contribution in [1.82, 2.24) is 5.32 Å². The van der Waals surface area contributed by atoms with Gasteiger partial charge >= 0.3 is 12.3 Å². The van der Waals surface area contributed by atoms with Crippen LogP contribution in [0.4, 0.5) is 22.4 Å². The van der Waals surface area contributed by atoms with E-state index in [1.54, 1.807) is 20.8 Å². The van der Waals surface area contributed by atoms with Crippen LogP contribution in [-0.2, 0) is 15.7 Å². The number of nitrogens with one attached hydrogen (secondary N) is 1. The number of hydrogen-bond donors (Lipinski definition) is 1. The molecule has 122 valence electrons. The summed E-state index contributed by atoms with van der Waals surface area (Å²) >= 11 is 0. The molecule has 0 heterocycles. The second-order valence-corrected chi connectivity index (χ2v) is 5.50. The van der Waals surface area contributed by atoms with E-state index in [-0.39, 0.29) is 11.8 Å². The lowest BCUT2D eigenvalue weighted by Crippen LogP contribution is -2.35. The van der Waals surface area contributed by atoms with E-state index < -0.39 is 35.3 Å². The van der Waals surface area contributed by atoms with Crippen LogP contribution in [0.3, 0.4) is 0 Å². The topological polar surface area (TPSA) is 55.4 Å². The summed E-state index contributed by atoms with van der Waals surface area (Å²) in [5.41, 5.74) is -2.38. The summed E-state index contributed by atoms with van der Waals surface area (Å²) in [5.74, 6) is -1.53. The Hall–Kier alpha value is -2.12. The van der Waals surface area contributed by atoms with Gasteiger partial charge in [0.1, 0.15) is 23.7 Å². The number of ether oxygens (including phenoxy) is 1. The number of alkyl carbamates (subject to hydrolysis) is 1. The molecule has 1 unspecified atom stereocenters. The van der Waals surface area contributed by atoms with Crippen LogP contribution in [-0.4, -0.2) is 18.0 Å². The van der Waals surface area contributed by atoms with Crippen molar-refractivity contribution in [2.45, 2.75) is 38.6 Å². The third-order valence-electron chi connectivity index (χ3n) is 2.47. The molecule has 0 aliphatic heterocycles. The second-order valence-electron chi connectivity index (χ2n) is 5.50. The molecule has 4 nitrogen and oxygen atoms in total. The molecular formula is C14H15F4NO3. The van der Waals surface area contributed by atoms with E-state index in [1.807, 2.05) is 0 Å². The summed E-state index contributed by atoms with van der Waals surface area (Å²) in [6.45, 7) is 4.79. The van der Waals surface area contributed by atoms with Crippen LogP contribution in [0.2, 0.25) is 0 Å². The Morgan fingerprint density at radius 3 is 2.27 bits per heavy atom. The highest BCUT2D eigenvalue weighted by atomic mass is 19.4. The minimum Gasteiger partial charge on any atom is -0.444 e. The molecule has 1 atom stereocenters. The quantitative estimate of drug-likeness (QED) is 0.683. The number of alkyl halides is 3. The lowest BCUT2D eigenvalue weighted by Gasteiger charge is -2.21. The van der Waals surface area contributed by atoms with Gasteiger partial charge in [0, 0.05) is 0 Å². The van der Waals surface area contributed by atoms with Gasteiger partial charge in [0.2, 0.25) is 0 Å². The highest BCUT2D eigenvalue weighted by molar-refractivity contribution is 5.74. The third-order valence-corrected chi connectivity index (χ3v) is 2.47. The van der Waals surface area contributed by atoms with E-state index in [9.17, 15) is 27.2 Å². The number of hydrogen-bond acceptors (Lipinski definition) is 3. The van der Waals surface area contributed by atoms with Crippen molar-refractivity contribution in [3.8, 4) is 0 Å². The molecule has 0 aromatic heterocycles. The van der Waals surface area contributed by atoms with Gasteiger partial charge in [-0.25, -0.2) is 9.18 Å². The molecule has 0 bridgehead atoms. The summed E-state index contributed by atoms with van der Waals surface area (Å²) in [6, 6.07) is 0.672. The second kappa shape index (κ2) is 6.33. The Balaban J connectivity index is 2.95. The van der Waals surface area contributed by atoms with Crippen LogP contribution in [0.15, 0.2) is 18.2 Å². The van der Waals surface area contributed by atoms with E-state index in [2.05, 4.69) is 5.32 Å². The zero-order chi connectivity index (χ0) is 17.1. The van der Waals surface area contributed by atoms with Gasteiger partial charge < -0.3 is 14.8 Å². The van der Waals surface area contributed by atoms with Crippen molar-refractivity contribution < 1.29 is 31.9 Å². The van der Waals surface area contributed by atoms with Gasteiger partial charge in [0.25, 0.3) is 0 Å². The predicted molar refractivity (Wildman–Crippen MR) is 69.6 cm³/mol. The zero-order valence-electron chi connectivity index (χ0n) is 12.1. The molecule has 1 N–H and O–H groups in total. The molecule has 8 heteroatoms. The molecule has 0 aliphatic carbocycles. The number of aldehydes is 1. The molecule has 0 aliphatic rings. The smallest absolute Gasteiger partial charge is 0.419 e. The van der Waals surface area contributed by atoms with Crippen LogP contribution in [0.1, 0.15) is 37.9 Å². The number of benzene rings is 1. The van der Waals surface area contributed by atoms with Crippen molar-refractivity contribution in [2.75, 3.05) is 0 Å². The maximum Gasteiger partial charge on any atom is 0.419 e. The molecule has 1 amide bonds. The first-order valence-electron chi connectivity index (χ1n) is 6.25. The van der Waals surface area contributed by atoms with Crippen molar-refractivity contribution >= 4 is 12.4 Å². The first kappa shape index (κ1) is 17.9. The average molecular weight is 321 g/mol. The summed E-state index contributed by atoms with van der Waals surface area (Å²) in [7, 11) is 0. The van der Waals surface area contributed by atoms with Crippen molar-refractivity contribution in [1.29, 1.82) is 0 Å². The number of rotatable bonds is 3. The summed E-state index contributed by atoms with van der Waals surface area (Å²) < 4.78 is 55.8. The first-order valence-corrected chi connectivity index (χ1v) is 6.25. The van der Waals surface area contributed by atoms with Crippen molar-refractivity contribution in [2.24, 2.45) is 0 Å². The molecule has 1 aromatic rings. The summed E-state index contributed by atoms with van der Waals surface area (Å²) in [5, 5.41) is 2.15. The molecule has 0 saturated heterocycles. The number of halogens is 4. The minimum absolute atomic E-state index is 0.119. The molecule has 1 rings (SSSR count). The van der Waals surface area contributed by atoms with E-state index in [4.69, 9.17) is 4.74 Å². The van der Waals surface area contributed by atoms with Crippen LogP contribution < -0.4 is 5.32 Å². The highest BCUT2D eigenvalue weighted by Gasteiger charge is 2.34. The van der Waals surface area contributed by atoms with E-state index in [1.165, 1.54) is 0 Å². The number of carbonyl (C=O) groups is 2. The molecule has 0 fully saturated rings. The van der Waals surface area contributed by atoms with Gasteiger partial charge in [0.15, 0.2) is 0 Å². The van der Waals surface area contributed by atoms with Crippen LogP contribution >= 0.6 is 0 Å². The average Bonchev–Trinajstić information content (AvgIpc) is 2.32. The normalized spacial score (nSPS) is 13.4. The standard InChI is InChI=1S/C14H15F4NO3/c1-13(2,3)22-12(21)19-11(7-20)8-4-5-9(10(15)6-8)14(16,17)18/h4-7,11H,1-3H3,(H,19,21). The highest BCUT2D eigenvalue weighted by Crippen LogP contribution is 2.32. The van der Waals surface area contributed by atoms with E-state index >= 15 is 0 Å². The molecular weight excluding hydrogens is 306 g/mol. The van der Waals surface area contributed by atoms with Crippen LogP contribution in [0.25, 0.3) is 0 Å². The molecule has 22 heavy (non-hydrogen) atoms. The summed E-state index contributed by atoms with van der Waals surface area (Å²) in [6.07, 6.45) is -5.51. The lowest BCUT2D eigenvalue weighted by molar-refractivity contribution is -0.140. The van der Waals surface area contributed by atoms with Gasteiger partial charge in [0.05, 0.1) is 5.56 Å². The fourth-order valence-electron chi connectivity index (χ4n) is 1.59. The SMILES string of the molecule is CC(C)(C)OC(=O)NC(C=O)c1ccc(C(F)(F)F)c(F)c1. The van der Waals surface area contributed by atoms with E-state index in [0.29, 0.717) is 12.1 Å². The molecule has 0 spiro atoms. The van der Waals surface area contributed by atoms with Crippen molar-refractivity contribution in [3.05, 3.63) is 35.1 Å². The fraction of sp³-hybridized carbons (Fsp3) is 0.429. The van der Waals surface area contributed by atoms with Crippen molar-refractivity contribution in [3.63, 3.8) is 0 Å². The maximum atomic E-state index is 13.5. The lowest BCUT2D eigenvalue weighted by atomic mass is 10.0. The fourth-order valence-corrected chi connectivity index (χ4v) is 1.59. The summed E-state index contributed by atoms with van der Waals surface area (Å²) in [4.78, 5) is 22.5. The molecule has 1 aromatic carbocycles. The third kappa shape index (κ3) is 5.01. The van der Waals surface area contributed by atoms with Gasteiger partial charge in [-0.2, -0.15) is 13.2 Å². The number of carbonyl (C=O) groups excluding carboxylic acids is 2. The van der Waals surface area contributed by atoms with E-state index in [0.717, 1.165) is 6.07 Å². The maximum absolute atomic E-state index is 13.5. The Morgan fingerprint density at radius 2 is 1.86 bits per heavy atom. The monoisotopic (exact) mass is 321 g/mol. The van der Waals surface area contributed by atoms with Crippen LogP contribution in [0.5, 0.6) is 0 Å². The number of amides is 1. The first-order chi connectivity index (χ1) is 9.94. The molecule has 0 saturated carbocycles. The van der Waals surface area contributed by atoms with Crippen LogP contribution in [0, 0.1) is 5.82 Å². The van der Waals surface area contributed by atoms with Gasteiger partial charge in [-0.05, 0) is 38.5 Å². The van der Waals surface area contributed by atoms with Gasteiger partial charge in [-0.1, -0.05) is 6.07 Å².